The number of nitrogens with one attached hydrogen (secondary N) is 1. The Kier molecular flexibility index (Phi) is 4.87. The number of carbonyl (C=O) groups excluding carboxylic acids is 1. The van der Waals surface area contributed by atoms with Gasteiger partial charge in [-0.15, -0.1) is 0 Å². The first-order valence-electron chi connectivity index (χ1n) is 7.86. The first kappa shape index (κ1) is 17.6. The van der Waals surface area contributed by atoms with Crippen LogP contribution in [-0.2, 0) is 4.74 Å². The van der Waals surface area contributed by atoms with Crippen molar-refractivity contribution in [2.45, 2.75) is 37.4 Å². The van der Waals surface area contributed by atoms with Crippen molar-refractivity contribution in [3.8, 4) is 0 Å². The highest BCUT2D eigenvalue weighted by molar-refractivity contribution is 5.86. The summed E-state index contributed by atoms with van der Waals surface area (Å²) in [6, 6.07) is 5.74. The van der Waals surface area contributed by atoms with Crippen LogP contribution in [0.15, 0.2) is 33.5 Å². The number of ether oxygens (including phenoxy) is 1. The Labute approximate surface area is 142 Å². The van der Waals surface area contributed by atoms with Gasteiger partial charge in [0.2, 0.25) is 0 Å². The van der Waals surface area contributed by atoms with Crippen molar-refractivity contribution < 1.29 is 29.3 Å². The molecule has 8 nitrogen and oxygen atoms in total. The van der Waals surface area contributed by atoms with E-state index in [9.17, 15) is 24.9 Å². The summed E-state index contributed by atoms with van der Waals surface area (Å²) in [5.41, 5.74) is 0.0447. The monoisotopic (exact) mass is 349 g/mol. The molecule has 3 rings (SSSR count). The molecule has 2 aromatic rings. The van der Waals surface area contributed by atoms with Crippen LogP contribution in [0.25, 0.3) is 11.0 Å². The van der Waals surface area contributed by atoms with Crippen molar-refractivity contribution in [1.29, 1.82) is 0 Å². The van der Waals surface area contributed by atoms with Gasteiger partial charge in [0.15, 0.2) is 6.29 Å². The van der Waals surface area contributed by atoms with E-state index < -0.39 is 42.7 Å². The highest BCUT2D eigenvalue weighted by Crippen LogP contribution is 2.26. The van der Waals surface area contributed by atoms with E-state index in [2.05, 4.69) is 5.32 Å². The van der Waals surface area contributed by atoms with E-state index in [1.165, 1.54) is 6.07 Å². The van der Waals surface area contributed by atoms with Gasteiger partial charge < -0.3 is 29.8 Å². The average molecular weight is 349 g/mol. The summed E-state index contributed by atoms with van der Waals surface area (Å²) in [4.78, 5) is 22.4. The van der Waals surface area contributed by atoms with Crippen LogP contribution in [0, 0.1) is 0 Å². The Morgan fingerprint density at radius 3 is 2.68 bits per heavy atom. The molecule has 0 bridgehead atoms. The zero-order valence-corrected chi connectivity index (χ0v) is 13.5. The maximum Gasteiger partial charge on any atom is 0.346 e. The molecule has 2 heterocycles. The van der Waals surface area contributed by atoms with Crippen molar-refractivity contribution in [3.63, 3.8) is 0 Å². The number of aliphatic hydroxyl groups excluding tert-OH is 3. The number of hydrogen-bond donors (Lipinski definition) is 4. The molecule has 1 aromatic carbocycles. The van der Waals surface area contributed by atoms with Crippen molar-refractivity contribution in [2.75, 3.05) is 11.9 Å². The standard InChI is InChI=1S/C17H19NO7/c1-8-14(16(22)15(21)13(7-20)24-8)18-11-3-2-9-4-10(6-19)17(23)25-12(9)5-11/h2-6,8,13-16,18,20-22H,7H2,1H3. The topological polar surface area (TPSA) is 129 Å². The van der Waals surface area contributed by atoms with Gasteiger partial charge in [0.05, 0.1) is 18.8 Å². The van der Waals surface area contributed by atoms with Gasteiger partial charge in [-0.2, -0.15) is 0 Å². The number of aliphatic hydroxyl groups is 3. The normalized spacial score (nSPS) is 29.5. The molecule has 1 aliphatic rings. The summed E-state index contributed by atoms with van der Waals surface area (Å²) in [6.07, 6.45) is -3.27. The third-order valence-electron chi connectivity index (χ3n) is 4.40. The van der Waals surface area contributed by atoms with Gasteiger partial charge in [0.1, 0.15) is 29.5 Å². The highest BCUT2D eigenvalue weighted by atomic mass is 16.5. The third-order valence-corrected chi connectivity index (χ3v) is 4.40. The van der Waals surface area contributed by atoms with E-state index in [1.807, 2.05) is 0 Å². The second-order valence-electron chi connectivity index (χ2n) is 6.07. The van der Waals surface area contributed by atoms with Crippen LogP contribution in [0.1, 0.15) is 17.3 Å². The molecule has 0 aliphatic carbocycles. The fraction of sp³-hybridized carbons (Fsp3) is 0.412. The number of rotatable bonds is 4. The maximum absolute atomic E-state index is 11.6. The zero-order chi connectivity index (χ0) is 18.1. The Hall–Kier alpha value is -2.26. The van der Waals surface area contributed by atoms with E-state index in [4.69, 9.17) is 9.15 Å². The van der Waals surface area contributed by atoms with Crippen molar-refractivity contribution >= 4 is 22.9 Å². The Morgan fingerprint density at radius 2 is 2.00 bits per heavy atom. The number of anilines is 1. The minimum atomic E-state index is -1.23. The summed E-state index contributed by atoms with van der Waals surface area (Å²) in [5.74, 6) is 0. The summed E-state index contributed by atoms with van der Waals surface area (Å²) in [7, 11) is 0. The predicted octanol–water partition coefficient (Wildman–Crippen LogP) is -0.113. The Morgan fingerprint density at radius 1 is 1.24 bits per heavy atom. The van der Waals surface area contributed by atoms with E-state index in [0.29, 0.717) is 17.4 Å². The fourth-order valence-electron chi connectivity index (χ4n) is 3.00. The number of fused-ring (bicyclic) bond motifs is 1. The number of carbonyl (C=O) groups is 1. The van der Waals surface area contributed by atoms with Crippen LogP contribution in [0.3, 0.4) is 0 Å². The molecule has 4 N–H and O–H groups in total. The lowest BCUT2D eigenvalue weighted by Crippen LogP contribution is -2.60. The molecule has 0 spiro atoms. The first-order chi connectivity index (χ1) is 11.9. The SMILES string of the molecule is CC1OC(CO)C(O)C(O)C1Nc1ccc2cc(C=O)c(=O)oc2c1. The van der Waals surface area contributed by atoms with Crippen LogP contribution in [-0.4, -0.2) is 58.7 Å². The predicted molar refractivity (Wildman–Crippen MR) is 88.7 cm³/mol. The number of hydrogen-bond acceptors (Lipinski definition) is 8. The number of benzene rings is 1. The molecule has 5 unspecified atom stereocenters. The first-order valence-corrected chi connectivity index (χ1v) is 7.86. The molecular weight excluding hydrogens is 330 g/mol. The van der Waals surface area contributed by atoms with Crippen LogP contribution >= 0.6 is 0 Å². The molecule has 1 aliphatic heterocycles. The summed E-state index contributed by atoms with van der Waals surface area (Å²) < 4.78 is 10.6. The van der Waals surface area contributed by atoms with Gasteiger partial charge >= 0.3 is 5.63 Å². The summed E-state index contributed by atoms with van der Waals surface area (Å²) in [5, 5.41) is 33.1. The molecule has 25 heavy (non-hydrogen) atoms. The van der Waals surface area contributed by atoms with Crippen LogP contribution in [0.4, 0.5) is 5.69 Å². The zero-order valence-electron chi connectivity index (χ0n) is 13.5. The van der Waals surface area contributed by atoms with Gasteiger partial charge in [-0.3, -0.25) is 4.79 Å². The molecule has 0 saturated carbocycles. The highest BCUT2D eigenvalue weighted by Gasteiger charge is 2.42. The third kappa shape index (κ3) is 3.29. The molecular formula is C17H19NO7. The molecule has 1 aromatic heterocycles. The van der Waals surface area contributed by atoms with Gasteiger partial charge in [-0.1, -0.05) is 0 Å². The molecule has 134 valence electrons. The largest absolute Gasteiger partial charge is 0.422 e. The molecule has 0 radical (unpaired) electrons. The second kappa shape index (κ2) is 6.93. The van der Waals surface area contributed by atoms with Crippen molar-refractivity contribution in [2.24, 2.45) is 0 Å². The lowest BCUT2D eigenvalue weighted by atomic mass is 9.93. The molecule has 8 heteroatoms. The van der Waals surface area contributed by atoms with Gasteiger partial charge in [-0.05, 0) is 25.1 Å². The minimum Gasteiger partial charge on any atom is -0.422 e. The molecule has 5 atom stereocenters. The minimum absolute atomic E-state index is 0.0592. The van der Waals surface area contributed by atoms with E-state index >= 15 is 0 Å². The average Bonchev–Trinajstić information content (AvgIpc) is 2.61. The molecule has 1 saturated heterocycles. The lowest BCUT2D eigenvalue weighted by molar-refractivity contribution is -0.180. The number of aldehydes is 1. The maximum atomic E-state index is 11.6. The van der Waals surface area contributed by atoms with E-state index in [1.54, 1.807) is 25.1 Å². The van der Waals surface area contributed by atoms with Gasteiger partial charge in [-0.25, -0.2) is 4.79 Å². The summed E-state index contributed by atoms with van der Waals surface area (Å²) >= 11 is 0. The second-order valence-corrected chi connectivity index (χ2v) is 6.07. The van der Waals surface area contributed by atoms with Gasteiger partial charge in [0, 0.05) is 17.1 Å². The fourth-order valence-corrected chi connectivity index (χ4v) is 3.00. The quantitative estimate of drug-likeness (QED) is 0.444. The van der Waals surface area contributed by atoms with Crippen LogP contribution in [0.2, 0.25) is 0 Å². The smallest absolute Gasteiger partial charge is 0.346 e. The Bertz CT molecular complexity index is 833. The van der Waals surface area contributed by atoms with Crippen molar-refractivity contribution in [1.82, 2.24) is 0 Å². The summed E-state index contributed by atoms with van der Waals surface area (Å²) in [6.45, 7) is 1.32. The van der Waals surface area contributed by atoms with Crippen LogP contribution in [0.5, 0.6) is 0 Å². The molecule has 1 fully saturated rings. The lowest BCUT2D eigenvalue weighted by Gasteiger charge is -2.41. The van der Waals surface area contributed by atoms with Crippen molar-refractivity contribution in [3.05, 3.63) is 40.2 Å². The van der Waals surface area contributed by atoms with Crippen LogP contribution < -0.4 is 10.9 Å². The van der Waals surface area contributed by atoms with E-state index in [-0.39, 0.29) is 11.1 Å². The Balaban J connectivity index is 1.87. The molecule has 0 amide bonds. The van der Waals surface area contributed by atoms with E-state index in [0.717, 1.165) is 0 Å². The van der Waals surface area contributed by atoms with Gasteiger partial charge in [0.25, 0.3) is 0 Å².